The van der Waals surface area contributed by atoms with Crippen molar-refractivity contribution in [1.82, 2.24) is 20.0 Å². The van der Waals surface area contributed by atoms with Gasteiger partial charge >= 0.3 is 0 Å². The highest BCUT2D eigenvalue weighted by Crippen LogP contribution is 2.27. The van der Waals surface area contributed by atoms with Crippen molar-refractivity contribution < 1.29 is 14.3 Å². The zero-order valence-electron chi connectivity index (χ0n) is 19.8. The molecule has 1 aliphatic rings. The van der Waals surface area contributed by atoms with Crippen LogP contribution in [0.25, 0.3) is 6.08 Å². The van der Waals surface area contributed by atoms with E-state index < -0.39 is 0 Å². The molecule has 1 aliphatic heterocycles. The second-order valence-corrected chi connectivity index (χ2v) is 8.55. The predicted molar refractivity (Wildman–Crippen MR) is 135 cm³/mol. The number of carbonyl (C=O) groups is 1. The number of aryl methyl sites for hydroxylation is 3. The summed E-state index contributed by atoms with van der Waals surface area (Å²) >= 11 is 5.42. The van der Waals surface area contributed by atoms with Gasteiger partial charge in [0.1, 0.15) is 23.8 Å². The van der Waals surface area contributed by atoms with Crippen molar-refractivity contribution in [2.45, 2.75) is 40.5 Å². The van der Waals surface area contributed by atoms with Crippen LogP contribution in [0.2, 0.25) is 0 Å². The van der Waals surface area contributed by atoms with Crippen LogP contribution in [0, 0.1) is 13.8 Å². The number of benzene rings is 2. The highest BCUT2D eigenvalue weighted by molar-refractivity contribution is 7.80. The maximum Gasteiger partial charge on any atom is 0.276 e. The molecule has 1 amide bonds. The second-order valence-electron chi connectivity index (χ2n) is 8.16. The van der Waals surface area contributed by atoms with Crippen LogP contribution in [0.4, 0.5) is 0 Å². The lowest BCUT2D eigenvalue weighted by Gasteiger charge is -2.14. The third-order valence-electron chi connectivity index (χ3n) is 5.71. The zero-order chi connectivity index (χ0) is 24.2. The molecule has 2 heterocycles. The van der Waals surface area contributed by atoms with Gasteiger partial charge in [-0.1, -0.05) is 24.3 Å². The maximum absolute atomic E-state index is 13.0. The van der Waals surface area contributed by atoms with E-state index in [-0.39, 0.29) is 5.91 Å². The molecule has 8 heteroatoms. The van der Waals surface area contributed by atoms with E-state index in [0.717, 1.165) is 45.9 Å². The molecule has 4 rings (SSSR count). The molecule has 1 saturated heterocycles. The van der Waals surface area contributed by atoms with Crippen molar-refractivity contribution in [2.75, 3.05) is 7.11 Å². The number of ether oxygens (including phenoxy) is 2. The van der Waals surface area contributed by atoms with Gasteiger partial charge in [-0.2, -0.15) is 5.10 Å². The van der Waals surface area contributed by atoms with Gasteiger partial charge in [0.2, 0.25) is 0 Å². The number of hydrogen-bond acceptors (Lipinski definition) is 5. The molecule has 0 bridgehead atoms. The van der Waals surface area contributed by atoms with E-state index >= 15 is 0 Å². The van der Waals surface area contributed by atoms with E-state index in [1.807, 2.05) is 68.0 Å². The van der Waals surface area contributed by atoms with Gasteiger partial charge < -0.3 is 14.8 Å². The molecule has 0 spiro atoms. The minimum absolute atomic E-state index is 0.168. The fourth-order valence-corrected chi connectivity index (χ4v) is 4.16. The largest absolute Gasteiger partial charge is 0.496 e. The van der Waals surface area contributed by atoms with Gasteiger partial charge in [-0.05, 0) is 67.9 Å². The van der Waals surface area contributed by atoms with Gasteiger partial charge in [0.15, 0.2) is 5.11 Å². The molecular weight excluding hydrogens is 448 g/mol. The number of carbonyl (C=O) groups excluding carboxylic acids is 1. The fraction of sp³-hybridized carbons (Fsp3) is 0.269. The number of para-hydroxylation sites is 1. The first-order valence-electron chi connectivity index (χ1n) is 11.1. The Morgan fingerprint density at radius 3 is 2.62 bits per heavy atom. The number of nitrogens with zero attached hydrogens (tertiary/aromatic N) is 3. The molecule has 0 atom stereocenters. The number of amides is 1. The molecule has 3 aromatic rings. The van der Waals surface area contributed by atoms with Gasteiger partial charge in [-0.25, -0.2) is 0 Å². The van der Waals surface area contributed by atoms with E-state index in [9.17, 15) is 4.79 Å². The Morgan fingerprint density at radius 1 is 1.18 bits per heavy atom. The Hall–Kier alpha value is -3.65. The highest BCUT2D eigenvalue weighted by Gasteiger charge is 2.31. The van der Waals surface area contributed by atoms with E-state index in [1.54, 1.807) is 24.3 Å². The number of hydrogen-bond donors (Lipinski definition) is 1. The Labute approximate surface area is 205 Å². The van der Waals surface area contributed by atoms with Crippen LogP contribution < -0.4 is 14.8 Å². The third-order valence-corrected chi connectivity index (χ3v) is 6.03. The summed E-state index contributed by atoms with van der Waals surface area (Å²) in [5, 5.41) is 7.69. The summed E-state index contributed by atoms with van der Waals surface area (Å²) in [5.74, 6) is 1.43. The predicted octanol–water partition coefficient (Wildman–Crippen LogP) is 4.37. The minimum atomic E-state index is -0.168. The number of methoxy groups -OCH3 is 1. The highest BCUT2D eigenvalue weighted by atomic mass is 32.1. The monoisotopic (exact) mass is 476 g/mol. The van der Waals surface area contributed by atoms with Crippen LogP contribution in [0.1, 0.15) is 34.7 Å². The van der Waals surface area contributed by atoms with Gasteiger partial charge in [-0.3, -0.25) is 14.4 Å². The second kappa shape index (κ2) is 10.1. The Bertz CT molecular complexity index is 1240. The van der Waals surface area contributed by atoms with Crippen molar-refractivity contribution in [3.8, 4) is 11.5 Å². The zero-order valence-corrected chi connectivity index (χ0v) is 20.6. The first kappa shape index (κ1) is 23.5. The van der Waals surface area contributed by atoms with Crippen LogP contribution in [0.15, 0.2) is 54.5 Å². The summed E-state index contributed by atoms with van der Waals surface area (Å²) < 4.78 is 13.5. The molecular formula is C26H28N4O3S. The summed E-state index contributed by atoms with van der Waals surface area (Å²) in [6.45, 7) is 7.56. The van der Waals surface area contributed by atoms with Crippen LogP contribution in [-0.4, -0.2) is 32.8 Å². The minimum Gasteiger partial charge on any atom is -0.496 e. The van der Waals surface area contributed by atoms with Gasteiger partial charge in [-0.15, -0.1) is 0 Å². The van der Waals surface area contributed by atoms with Crippen molar-refractivity contribution in [3.05, 3.63) is 82.3 Å². The summed E-state index contributed by atoms with van der Waals surface area (Å²) in [7, 11) is 1.63. The molecule has 2 aromatic carbocycles. The van der Waals surface area contributed by atoms with Gasteiger partial charge in [0.05, 0.1) is 19.9 Å². The molecule has 7 nitrogen and oxygen atoms in total. The van der Waals surface area contributed by atoms with Crippen molar-refractivity contribution >= 4 is 29.3 Å². The number of thiocarbonyl (C=S) groups is 1. The molecule has 0 aliphatic carbocycles. The summed E-state index contributed by atoms with van der Waals surface area (Å²) in [6, 6.07) is 11.8. The molecule has 0 radical (unpaired) electrons. The van der Waals surface area contributed by atoms with E-state index in [1.165, 1.54) is 0 Å². The average molecular weight is 477 g/mol. The molecule has 1 fully saturated rings. The smallest absolute Gasteiger partial charge is 0.276 e. The standard InChI is InChI=1S/C26H28N4O3S/c1-5-29-14-20(13-27-29)15-30-25(31)22(28-26(30)34)12-19-9-10-23(32-4)21(11-19)16-33-24-17(2)7-6-8-18(24)3/h6-14H,5,15-16H2,1-4H3,(H,28,34)/b22-12+. The molecule has 0 unspecified atom stereocenters. The number of aromatic nitrogens is 2. The lowest BCUT2D eigenvalue weighted by molar-refractivity contribution is -0.122. The van der Waals surface area contributed by atoms with E-state index in [4.69, 9.17) is 21.7 Å². The average Bonchev–Trinajstić information content (AvgIpc) is 3.39. The molecule has 1 N–H and O–H groups in total. The molecule has 0 saturated carbocycles. The summed E-state index contributed by atoms with van der Waals surface area (Å²) in [4.78, 5) is 14.6. The first-order chi connectivity index (χ1) is 16.4. The van der Waals surface area contributed by atoms with Crippen LogP contribution in [-0.2, 0) is 24.5 Å². The molecule has 1 aromatic heterocycles. The van der Waals surface area contributed by atoms with Crippen molar-refractivity contribution in [3.63, 3.8) is 0 Å². The first-order valence-corrected chi connectivity index (χ1v) is 11.5. The van der Waals surface area contributed by atoms with Crippen LogP contribution in [0.3, 0.4) is 0 Å². The molecule has 34 heavy (non-hydrogen) atoms. The van der Waals surface area contributed by atoms with Crippen LogP contribution in [0.5, 0.6) is 11.5 Å². The van der Waals surface area contributed by atoms with E-state index in [2.05, 4.69) is 10.4 Å². The number of rotatable bonds is 8. The van der Waals surface area contributed by atoms with Crippen LogP contribution >= 0.6 is 12.2 Å². The van der Waals surface area contributed by atoms with E-state index in [0.29, 0.717) is 24.0 Å². The summed E-state index contributed by atoms with van der Waals surface area (Å²) in [6.07, 6.45) is 5.47. The summed E-state index contributed by atoms with van der Waals surface area (Å²) in [5.41, 5.74) is 5.25. The maximum atomic E-state index is 13.0. The normalized spacial score (nSPS) is 14.6. The van der Waals surface area contributed by atoms with Gasteiger partial charge in [0.25, 0.3) is 5.91 Å². The third kappa shape index (κ3) is 4.97. The SMILES string of the molecule is CCn1cc(CN2C(=O)/C(=C\c3ccc(OC)c(COc4c(C)cccc4C)c3)NC2=S)cn1. The number of nitrogens with one attached hydrogen (secondary N) is 1. The fourth-order valence-electron chi connectivity index (χ4n) is 3.90. The lowest BCUT2D eigenvalue weighted by Crippen LogP contribution is -2.29. The van der Waals surface area contributed by atoms with Crippen molar-refractivity contribution in [2.24, 2.45) is 0 Å². The quantitative estimate of drug-likeness (QED) is 0.385. The topological polar surface area (TPSA) is 68.6 Å². The Kier molecular flexibility index (Phi) is 6.98. The molecule has 176 valence electrons. The lowest BCUT2D eigenvalue weighted by atomic mass is 10.1. The van der Waals surface area contributed by atoms with Gasteiger partial charge in [0, 0.05) is 23.9 Å². The van der Waals surface area contributed by atoms with Crippen molar-refractivity contribution in [1.29, 1.82) is 0 Å². The Morgan fingerprint density at radius 2 is 1.94 bits per heavy atom. The Balaban J connectivity index is 1.53.